The van der Waals surface area contributed by atoms with Crippen LogP contribution in [0.15, 0.2) is 79.1 Å². The lowest BCUT2D eigenvalue weighted by Crippen LogP contribution is -2.47. The van der Waals surface area contributed by atoms with Crippen LogP contribution in [0.2, 0.25) is 0 Å². The summed E-state index contributed by atoms with van der Waals surface area (Å²) in [5.41, 5.74) is 6.61. The number of piperazine rings is 1. The maximum Gasteiger partial charge on any atom is 0.243 e. The van der Waals surface area contributed by atoms with Crippen LogP contribution in [0.4, 0.5) is 0 Å². The number of nitrogens with zero attached hydrogens (tertiary/aromatic N) is 3. The fourth-order valence-corrected chi connectivity index (χ4v) is 5.14. The minimum absolute atomic E-state index is 0.0467. The highest BCUT2D eigenvalue weighted by atomic mass is 16.1. The van der Waals surface area contributed by atoms with E-state index >= 15 is 0 Å². The Morgan fingerprint density at radius 1 is 0.912 bits per heavy atom. The molecule has 1 fully saturated rings. The van der Waals surface area contributed by atoms with E-state index in [2.05, 4.69) is 68.6 Å². The number of unbranched alkanes of at least 4 members (excludes halogenated alkanes) is 1. The van der Waals surface area contributed by atoms with Crippen molar-refractivity contribution < 1.29 is 4.79 Å². The second-order valence-electron chi connectivity index (χ2n) is 9.07. The van der Waals surface area contributed by atoms with Crippen molar-refractivity contribution in [2.24, 2.45) is 0 Å². The number of benzene rings is 2. The third-order valence-electron chi connectivity index (χ3n) is 6.88. The van der Waals surface area contributed by atoms with Crippen LogP contribution in [0.5, 0.6) is 0 Å². The van der Waals surface area contributed by atoms with Gasteiger partial charge in [-0.15, -0.1) is 0 Å². The Morgan fingerprint density at radius 3 is 2.29 bits per heavy atom. The molecule has 2 aliphatic rings. The zero-order chi connectivity index (χ0) is 23.2. The summed E-state index contributed by atoms with van der Waals surface area (Å²) in [7, 11) is 0. The van der Waals surface area contributed by atoms with E-state index in [9.17, 15) is 4.79 Å². The van der Waals surface area contributed by atoms with Gasteiger partial charge in [0, 0.05) is 51.2 Å². The average molecular weight is 453 g/mol. The van der Waals surface area contributed by atoms with Gasteiger partial charge in [-0.2, -0.15) is 0 Å². The van der Waals surface area contributed by atoms with Gasteiger partial charge in [0.15, 0.2) is 0 Å². The fraction of sp³-hybridized carbons (Fsp3) is 0.310. The summed E-state index contributed by atoms with van der Waals surface area (Å²) in [6.07, 6.45) is 8.94. The topological polar surface area (TPSA) is 48.5 Å². The number of pyridine rings is 1. The van der Waals surface area contributed by atoms with Gasteiger partial charge in [-0.3, -0.25) is 14.7 Å². The van der Waals surface area contributed by atoms with Gasteiger partial charge in [0.25, 0.3) is 0 Å². The first kappa shape index (κ1) is 22.5. The van der Waals surface area contributed by atoms with Gasteiger partial charge in [0.1, 0.15) is 0 Å². The van der Waals surface area contributed by atoms with E-state index in [1.54, 1.807) is 24.5 Å². The Labute approximate surface area is 202 Å². The van der Waals surface area contributed by atoms with E-state index in [-0.39, 0.29) is 5.91 Å². The van der Waals surface area contributed by atoms with E-state index in [4.69, 9.17) is 0 Å². The minimum Gasteiger partial charge on any atom is -0.353 e. The van der Waals surface area contributed by atoms with Gasteiger partial charge in [-0.05, 0) is 59.3 Å². The summed E-state index contributed by atoms with van der Waals surface area (Å²) >= 11 is 0. The van der Waals surface area contributed by atoms with Crippen molar-refractivity contribution >= 4 is 12.0 Å². The zero-order valence-electron chi connectivity index (χ0n) is 19.6. The normalized spacial score (nSPS) is 16.5. The molecule has 0 atom stereocenters. The van der Waals surface area contributed by atoms with E-state index in [1.807, 2.05) is 12.1 Å². The number of fused-ring (bicyclic) bond motifs is 3. The van der Waals surface area contributed by atoms with E-state index < -0.39 is 0 Å². The molecule has 5 rings (SSSR count). The number of hydrogen-bond donors (Lipinski definition) is 1. The lowest BCUT2D eigenvalue weighted by molar-refractivity contribution is -0.116. The molecule has 34 heavy (non-hydrogen) atoms. The Morgan fingerprint density at radius 2 is 1.62 bits per heavy atom. The predicted molar refractivity (Wildman–Crippen MR) is 137 cm³/mol. The van der Waals surface area contributed by atoms with Crippen LogP contribution < -0.4 is 5.32 Å². The number of rotatable bonds is 8. The van der Waals surface area contributed by atoms with E-state index in [0.717, 1.165) is 51.1 Å². The second-order valence-corrected chi connectivity index (χ2v) is 9.07. The fourth-order valence-electron chi connectivity index (χ4n) is 5.14. The van der Waals surface area contributed by atoms with Crippen LogP contribution >= 0.6 is 0 Å². The molecule has 1 aliphatic heterocycles. The van der Waals surface area contributed by atoms with Crippen molar-refractivity contribution in [3.63, 3.8) is 0 Å². The Hall–Kier alpha value is -3.28. The first-order valence-corrected chi connectivity index (χ1v) is 12.3. The van der Waals surface area contributed by atoms with Crippen LogP contribution in [0.3, 0.4) is 0 Å². The molecule has 2 aromatic carbocycles. The molecular weight excluding hydrogens is 420 g/mol. The van der Waals surface area contributed by atoms with Crippen molar-refractivity contribution in [1.82, 2.24) is 20.1 Å². The quantitative estimate of drug-likeness (QED) is 0.407. The smallest absolute Gasteiger partial charge is 0.243 e. The van der Waals surface area contributed by atoms with Crippen molar-refractivity contribution in [3.05, 3.63) is 95.8 Å². The number of aromatic nitrogens is 1. The average Bonchev–Trinajstić information content (AvgIpc) is 3.23. The number of hydrogen-bond acceptors (Lipinski definition) is 4. The number of carbonyl (C=O) groups is 1. The van der Waals surface area contributed by atoms with Gasteiger partial charge in [-0.1, -0.05) is 54.6 Å². The van der Waals surface area contributed by atoms with Crippen molar-refractivity contribution in [2.45, 2.75) is 18.9 Å². The second kappa shape index (κ2) is 10.8. The summed E-state index contributed by atoms with van der Waals surface area (Å²) in [4.78, 5) is 21.2. The van der Waals surface area contributed by atoms with Gasteiger partial charge < -0.3 is 10.2 Å². The van der Waals surface area contributed by atoms with Crippen molar-refractivity contribution in [1.29, 1.82) is 0 Å². The molecule has 0 unspecified atom stereocenters. The minimum atomic E-state index is -0.0467. The number of amides is 1. The molecule has 3 aromatic rings. The molecule has 0 spiro atoms. The maximum atomic E-state index is 12.0. The first-order valence-electron chi connectivity index (χ1n) is 12.3. The van der Waals surface area contributed by atoms with Crippen LogP contribution in [0, 0.1) is 0 Å². The Balaban J connectivity index is 1.05. The summed E-state index contributed by atoms with van der Waals surface area (Å²) in [5.74, 6) is -0.0467. The summed E-state index contributed by atoms with van der Waals surface area (Å²) in [6, 6.07) is 21.9. The first-order chi connectivity index (χ1) is 16.8. The highest BCUT2D eigenvalue weighted by Gasteiger charge is 2.33. The van der Waals surface area contributed by atoms with Gasteiger partial charge >= 0.3 is 0 Å². The van der Waals surface area contributed by atoms with Crippen molar-refractivity contribution in [3.8, 4) is 11.1 Å². The summed E-state index contributed by atoms with van der Waals surface area (Å²) in [5, 5.41) is 2.98. The molecule has 5 heteroatoms. The van der Waals surface area contributed by atoms with Crippen molar-refractivity contribution in [2.75, 3.05) is 39.3 Å². The third-order valence-corrected chi connectivity index (χ3v) is 6.88. The Kier molecular flexibility index (Phi) is 7.13. The number of carbonyl (C=O) groups excluding carboxylic acids is 1. The molecule has 1 saturated heterocycles. The standard InChI is InChI=1S/C29H32N4O/c34-28(14-13-23-8-7-15-30-22-23)31-16-5-6-17-32-18-20-33(21-19-32)29-26-11-3-1-9-24(26)25-10-2-4-12-27(25)29/h1-4,7-15,22,29H,5-6,16-21H2,(H,31,34). The molecular formula is C29H32N4O. The molecule has 5 nitrogen and oxygen atoms in total. The predicted octanol–water partition coefficient (Wildman–Crippen LogP) is 4.38. The van der Waals surface area contributed by atoms with Gasteiger partial charge in [0.05, 0.1) is 6.04 Å². The summed E-state index contributed by atoms with van der Waals surface area (Å²) in [6.45, 7) is 6.17. The molecule has 1 aromatic heterocycles. The van der Waals surface area contributed by atoms with Crippen LogP contribution in [0.1, 0.15) is 35.6 Å². The van der Waals surface area contributed by atoms with Crippen LogP contribution in [-0.4, -0.2) is 60.0 Å². The van der Waals surface area contributed by atoms with Crippen LogP contribution in [0.25, 0.3) is 17.2 Å². The molecule has 0 radical (unpaired) electrons. The summed E-state index contributed by atoms with van der Waals surface area (Å²) < 4.78 is 0. The lowest BCUT2D eigenvalue weighted by Gasteiger charge is -2.38. The third kappa shape index (κ3) is 5.11. The maximum absolute atomic E-state index is 12.0. The van der Waals surface area contributed by atoms with Crippen LogP contribution in [-0.2, 0) is 4.79 Å². The molecule has 1 N–H and O–H groups in total. The highest BCUT2D eigenvalue weighted by molar-refractivity contribution is 5.91. The monoisotopic (exact) mass is 452 g/mol. The molecule has 0 saturated carbocycles. The molecule has 0 bridgehead atoms. The SMILES string of the molecule is O=C(C=Cc1cccnc1)NCCCCN1CCN(C2c3ccccc3-c3ccccc32)CC1. The van der Waals surface area contributed by atoms with Gasteiger partial charge in [-0.25, -0.2) is 0 Å². The molecule has 174 valence electrons. The molecule has 1 aliphatic carbocycles. The van der Waals surface area contributed by atoms with Gasteiger partial charge in [0.2, 0.25) is 5.91 Å². The highest BCUT2D eigenvalue weighted by Crippen LogP contribution is 2.46. The molecule has 1 amide bonds. The zero-order valence-corrected chi connectivity index (χ0v) is 19.6. The van der Waals surface area contributed by atoms with E-state index in [0.29, 0.717) is 12.6 Å². The number of nitrogens with one attached hydrogen (secondary N) is 1. The largest absolute Gasteiger partial charge is 0.353 e. The molecule has 2 heterocycles. The Bertz CT molecular complexity index is 1090. The van der Waals surface area contributed by atoms with E-state index in [1.165, 1.54) is 22.3 Å². The lowest BCUT2D eigenvalue weighted by atomic mass is 10.0.